The number of methoxy groups -OCH3 is 1. The van der Waals surface area contributed by atoms with Crippen LogP contribution in [0.3, 0.4) is 0 Å². The maximum atomic E-state index is 13.5. The highest BCUT2D eigenvalue weighted by atomic mass is 32.2. The van der Waals surface area contributed by atoms with Crippen molar-refractivity contribution in [1.29, 1.82) is 0 Å². The minimum atomic E-state index is -3.69. The number of carbonyl (C=O) groups is 1. The molecule has 1 aromatic rings. The molecule has 3 fully saturated rings. The van der Waals surface area contributed by atoms with E-state index in [9.17, 15) is 17.6 Å². The topological polar surface area (TPSA) is 70.2 Å². The monoisotopic (exact) mass is 565 g/mol. The van der Waals surface area contributed by atoms with Gasteiger partial charge in [0, 0.05) is 52.1 Å². The molecule has 220 valence electrons. The summed E-state index contributed by atoms with van der Waals surface area (Å²) in [6, 6.07) is 4.08. The van der Waals surface area contributed by atoms with Crippen molar-refractivity contribution in [3.8, 4) is 5.75 Å². The van der Waals surface area contributed by atoms with Crippen LogP contribution in [0.15, 0.2) is 17.0 Å². The first-order chi connectivity index (χ1) is 18.6. The van der Waals surface area contributed by atoms with Crippen LogP contribution in [0, 0.1) is 25.7 Å². The number of likely N-dealkylation sites (tertiary alicyclic amines) is 2. The van der Waals surface area contributed by atoms with Crippen molar-refractivity contribution < 1.29 is 22.3 Å². The molecular formula is C30H48FN3O4S. The van der Waals surface area contributed by atoms with Crippen molar-refractivity contribution in [2.75, 3.05) is 53.4 Å². The third-order valence-electron chi connectivity index (χ3n) is 9.27. The molecule has 0 amide bonds. The lowest BCUT2D eigenvalue weighted by atomic mass is 9.81. The lowest BCUT2D eigenvalue weighted by Crippen LogP contribution is -2.45. The number of piperidine rings is 1. The number of halogens is 1. The van der Waals surface area contributed by atoms with E-state index in [0.717, 1.165) is 51.9 Å². The van der Waals surface area contributed by atoms with Crippen LogP contribution >= 0.6 is 0 Å². The van der Waals surface area contributed by atoms with E-state index in [1.807, 2.05) is 0 Å². The number of nitrogens with zero attached hydrogens (tertiary/aromatic N) is 3. The van der Waals surface area contributed by atoms with Crippen LogP contribution < -0.4 is 4.74 Å². The summed E-state index contributed by atoms with van der Waals surface area (Å²) in [4.78, 5) is 18.1. The second-order valence-corrected chi connectivity index (χ2v) is 14.2. The molecule has 2 heterocycles. The molecular weight excluding hydrogens is 517 g/mol. The second-order valence-electron chi connectivity index (χ2n) is 12.2. The van der Waals surface area contributed by atoms with Crippen molar-refractivity contribution in [3.05, 3.63) is 23.3 Å². The SMILES string of the molecule is COc1cc(C)c(S(=O)(=O)N(C)CCC(=O)CC2CCC(N3CCC(CN4CC[C@H](F)C4)CC3)CC2)c(C)c1. The Morgan fingerprint density at radius 2 is 1.64 bits per heavy atom. The molecule has 2 aliphatic heterocycles. The summed E-state index contributed by atoms with van der Waals surface area (Å²) < 4.78 is 46.5. The van der Waals surface area contributed by atoms with E-state index >= 15 is 0 Å². The Bertz CT molecular complexity index is 1060. The van der Waals surface area contributed by atoms with Crippen molar-refractivity contribution in [2.45, 2.75) is 88.7 Å². The highest BCUT2D eigenvalue weighted by Gasteiger charge is 2.32. The maximum absolute atomic E-state index is 13.5. The fraction of sp³-hybridized carbons (Fsp3) is 0.767. The van der Waals surface area contributed by atoms with Gasteiger partial charge in [-0.2, -0.15) is 0 Å². The van der Waals surface area contributed by atoms with Crippen LogP contribution in [-0.4, -0.2) is 93.9 Å². The van der Waals surface area contributed by atoms with E-state index in [0.29, 0.717) is 59.0 Å². The number of sulfonamides is 1. The number of ketones is 1. The van der Waals surface area contributed by atoms with E-state index in [4.69, 9.17) is 4.74 Å². The van der Waals surface area contributed by atoms with Gasteiger partial charge in [0.1, 0.15) is 17.7 Å². The molecule has 3 aliphatic rings. The molecule has 4 rings (SSSR count). The summed E-state index contributed by atoms with van der Waals surface area (Å²) >= 11 is 0. The zero-order valence-corrected chi connectivity index (χ0v) is 25.1. The molecule has 0 N–H and O–H groups in total. The number of ether oxygens (including phenoxy) is 1. The number of alkyl halides is 1. The number of hydrogen-bond donors (Lipinski definition) is 0. The van der Waals surface area contributed by atoms with Gasteiger partial charge in [0.25, 0.3) is 0 Å². The first-order valence-electron chi connectivity index (χ1n) is 14.8. The second kappa shape index (κ2) is 13.4. The van der Waals surface area contributed by atoms with Gasteiger partial charge in [-0.15, -0.1) is 0 Å². The van der Waals surface area contributed by atoms with Gasteiger partial charge in [-0.1, -0.05) is 0 Å². The van der Waals surface area contributed by atoms with E-state index < -0.39 is 16.2 Å². The van der Waals surface area contributed by atoms with E-state index in [-0.39, 0.29) is 18.7 Å². The molecule has 0 bridgehead atoms. The number of benzene rings is 1. The summed E-state index contributed by atoms with van der Waals surface area (Å²) in [6.07, 6.45) is 7.70. The molecule has 39 heavy (non-hydrogen) atoms. The Hall–Kier alpha value is -1.55. The van der Waals surface area contributed by atoms with Crippen molar-refractivity contribution >= 4 is 15.8 Å². The molecule has 1 aliphatic carbocycles. The molecule has 1 saturated carbocycles. The molecule has 0 radical (unpaired) electrons. The van der Waals surface area contributed by atoms with Crippen LogP contribution in [0.2, 0.25) is 0 Å². The van der Waals surface area contributed by atoms with Gasteiger partial charge in [-0.05, 0) is 107 Å². The van der Waals surface area contributed by atoms with Gasteiger partial charge in [0.05, 0.1) is 12.0 Å². The molecule has 7 nitrogen and oxygen atoms in total. The van der Waals surface area contributed by atoms with Gasteiger partial charge in [-0.25, -0.2) is 17.1 Å². The third-order valence-corrected chi connectivity index (χ3v) is 11.4. The quantitative estimate of drug-likeness (QED) is 0.391. The lowest BCUT2D eigenvalue weighted by Gasteiger charge is -2.41. The predicted octanol–water partition coefficient (Wildman–Crippen LogP) is 4.60. The fourth-order valence-corrected chi connectivity index (χ4v) is 8.52. The normalized spacial score (nSPS) is 25.8. The van der Waals surface area contributed by atoms with Crippen molar-refractivity contribution in [1.82, 2.24) is 14.1 Å². The average Bonchev–Trinajstić information content (AvgIpc) is 3.31. The Morgan fingerprint density at radius 3 is 2.21 bits per heavy atom. The predicted molar refractivity (Wildman–Crippen MR) is 153 cm³/mol. The minimum Gasteiger partial charge on any atom is -0.497 e. The number of aryl methyl sites for hydroxylation is 2. The average molecular weight is 566 g/mol. The highest BCUT2D eigenvalue weighted by molar-refractivity contribution is 7.89. The lowest BCUT2D eigenvalue weighted by molar-refractivity contribution is -0.120. The first kappa shape index (κ1) is 30.4. The first-order valence-corrected chi connectivity index (χ1v) is 16.2. The Kier molecular flexibility index (Phi) is 10.5. The Labute approximate surface area is 235 Å². The summed E-state index contributed by atoms with van der Waals surface area (Å²) in [6.45, 7) is 8.61. The fourth-order valence-electron chi connectivity index (χ4n) is 6.95. The summed E-state index contributed by atoms with van der Waals surface area (Å²) in [7, 11) is -0.562. The van der Waals surface area contributed by atoms with Crippen LogP contribution in [0.25, 0.3) is 0 Å². The Morgan fingerprint density at radius 1 is 1.00 bits per heavy atom. The number of Topliss-reactive ketones (excluding diaryl/α,β-unsaturated/α-hetero) is 1. The van der Waals surface area contributed by atoms with E-state index in [2.05, 4.69) is 9.80 Å². The molecule has 0 aromatic heterocycles. The van der Waals surface area contributed by atoms with Gasteiger partial charge < -0.3 is 14.5 Å². The number of rotatable bonds is 11. The van der Waals surface area contributed by atoms with E-state index in [1.165, 1.54) is 17.1 Å². The van der Waals surface area contributed by atoms with Crippen LogP contribution in [0.4, 0.5) is 4.39 Å². The van der Waals surface area contributed by atoms with Crippen LogP contribution in [0.5, 0.6) is 5.75 Å². The van der Waals surface area contributed by atoms with Gasteiger partial charge in [-0.3, -0.25) is 4.79 Å². The van der Waals surface area contributed by atoms with Gasteiger partial charge in [0.15, 0.2) is 0 Å². The molecule has 0 unspecified atom stereocenters. The number of carbonyl (C=O) groups excluding carboxylic acids is 1. The minimum absolute atomic E-state index is 0.155. The molecule has 2 saturated heterocycles. The van der Waals surface area contributed by atoms with E-state index in [1.54, 1.807) is 40.1 Å². The highest BCUT2D eigenvalue weighted by Crippen LogP contribution is 2.33. The standard InChI is InChI=1S/C30H48FN3O4S/c1-22-17-29(38-4)18-23(2)30(22)39(36,37)32(3)13-12-28(35)19-24-5-7-27(8-6-24)34-15-9-25(10-16-34)20-33-14-11-26(31)21-33/h17-18,24-27H,5-16,19-21H2,1-4H3/t24?,26-,27?/m0/s1. The third kappa shape index (κ3) is 7.80. The van der Waals surface area contributed by atoms with Gasteiger partial charge in [0.2, 0.25) is 10.0 Å². The Balaban J connectivity index is 1.17. The summed E-state index contributed by atoms with van der Waals surface area (Å²) in [5, 5.41) is 0. The van der Waals surface area contributed by atoms with Crippen LogP contribution in [-0.2, 0) is 14.8 Å². The van der Waals surface area contributed by atoms with Crippen molar-refractivity contribution in [2.24, 2.45) is 11.8 Å². The summed E-state index contributed by atoms with van der Waals surface area (Å²) in [5.74, 6) is 1.89. The smallest absolute Gasteiger partial charge is 0.243 e. The maximum Gasteiger partial charge on any atom is 0.243 e. The number of hydrogen-bond acceptors (Lipinski definition) is 6. The zero-order valence-electron chi connectivity index (χ0n) is 24.3. The largest absolute Gasteiger partial charge is 0.497 e. The van der Waals surface area contributed by atoms with Crippen molar-refractivity contribution in [3.63, 3.8) is 0 Å². The summed E-state index contributed by atoms with van der Waals surface area (Å²) in [5.41, 5.74) is 1.29. The zero-order chi connectivity index (χ0) is 28.2. The van der Waals surface area contributed by atoms with Crippen LogP contribution in [0.1, 0.15) is 68.9 Å². The molecule has 9 heteroatoms. The molecule has 1 aromatic carbocycles. The van der Waals surface area contributed by atoms with Gasteiger partial charge >= 0.3 is 0 Å². The molecule has 1 atom stereocenters. The molecule has 0 spiro atoms.